The van der Waals surface area contributed by atoms with Gasteiger partial charge in [-0.15, -0.1) is 4.98 Å². The van der Waals surface area contributed by atoms with Gasteiger partial charge in [0.1, 0.15) is 0 Å². The van der Waals surface area contributed by atoms with E-state index in [1.165, 1.54) is 7.11 Å². The Morgan fingerprint density at radius 3 is 2.48 bits per heavy atom. The molecule has 110 valence electrons. The summed E-state index contributed by atoms with van der Waals surface area (Å²) in [5.41, 5.74) is 4.32. The Kier molecular flexibility index (Phi) is 3.73. The maximum atomic E-state index is 13.6. The molecule has 2 aromatic rings. The van der Waals surface area contributed by atoms with Crippen LogP contribution in [0.5, 0.6) is 17.8 Å². The lowest BCUT2D eigenvalue weighted by molar-refractivity contribution is -0.387. The number of ether oxygens (including phenoxy) is 2. The summed E-state index contributed by atoms with van der Waals surface area (Å²) in [5, 5.41) is 10.5. The fourth-order valence-corrected chi connectivity index (χ4v) is 1.32. The third-order valence-electron chi connectivity index (χ3n) is 2.19. The Hall–Kier alpha value is -3.11. The fourth-order valence-electron chi connectivity index (χ4n) is 1.32. The highest BCUT2D eigenvalue weighted by Gasteiger charge is 2.20. The zero-order valence-corrected chi connectivity index (χ0v) is 10.4. The second kappa shape index (κ2) is 5.48. The summed E-state index contributed by atoms with van der Waals surface area (Å²) in [6.45, 7) is 0. The molecule has 9 nitrogen and oxygen atoms in total. The van der Waals surface area contributed by atoms with Gasteiger partial charge in [-0.2, -0.15) is 14.4 Å². The molecule has 0 fully saturated rings. The molecular formula is C10H7F2N5O4. The first-order valence-corrected chi connectivity index (χ1v) is 5.27. The molecule has 0 aliphatic rings. The van der Waals surface area contributed by atoms with Gasteiger partial charge < -0.3 is 15.2 Å². The number of anilines is 1. The first kappa shape index (κ1) is 14.3. The molecule has 0 bridgehead atoms. The number of nitrogens with two attached hydrogens (primary N) is 1. The number of benzene rings is 1. The molecule has 0 unspecified atom stereocenters. The van der Waals surface area contributed by atoms with Gasteiger partial charge in [-0.3, -0.25) is 10.1 Å². The lowest BCUT2D eigenvalue weighted by Crippen LogP contribution is -2.04. The number of nitro groups is 1. The molecule has 1 aromatic carbocycles. The highest BCUT2D eigenvalue weighted by Crippen LogP contribution is 2.29. The smallest absolute Gasteiger partial charge is 0.330 e. The molecular weight excluding hydrogens is 292 g/mol. The first-order valence-electron chi connectivity index (χ1n) is 5.27. The molecule has 0 saturated heterocycles. The van der Waals surface area contributed by atoms with Crippen LogP contribution in [-0.2, 0) is 0 Å². The van der Waals surface area contributed by atoms with Crippen LogP contribution in [0.3, 0.4) is 0 Å². The number of hydrogen-bond acceptors (Lipinski definition) is 8. The van der Waals surface area contributed by atoms with Crippen molar-refractivity contribution in [2.45, 2.75) is 0 Å². The molecule has 1 aromatic heterocycles. The minimum absolute atomic E-state index is 0.194. The van der Waals surface area contributed by atoms with Crippen molar-refractivity contribution in [3.63, 3.8) is 0 Å². The Morgan fingerprint density at radius 2 is 1.86 bits per heavy atom. The van der Waals surface area contributed by atoms with E-state index < -0.39 is 34.0 Å². The zero-order chi connectivity index (χ0) is 15.6. The monoisotopic (exact) mass is 299 g/mol. The third-order valence-corrected chi connectivity index (χ3v) is 2.19. The number of nitro benzene ring substituents is 1. The molecule has 0 aliphatic heterocycles. The van der Waals surface area contributed by atoms with E-state index in [-0.39, 0.29) is 12.0 Å². The van der Waals surface area contributed by atoms with Crippen molar-refractivity contribution in [2.75, 3.05) is 12.8 Å². The fraction of sp³-hybridized carbons (Fsp3) is 0.100. The average Bonchev–Trinajstić information content (AvgIpc) is 2.41. The lowest BCUT2D eigenvalue weighted by atomic mass is 10.3. The largest absolute Gasteiger partial charge is 0.467 e. The molecule has 2 N–H and O–H groups in total. The van der Waals surface area contributed by atoms with Crippen LogP contribution >= 0.6 is 0 Å². The number of aromatic nitrogens is 3. The van der Waals surface area contributed by atoms with E-state index in [9.17, 15) is 18.9 Å². The quantitative estimate of drug-likeness (QED) is 0.663. The number of methoxy groups -OCH3 is 1. The van der Waals surface area contributed by atoms with Crippen molar-refractivity contribution in [3.05, 3.63) is 33.9 Å². The minimum atomic E-state index is -1.27. The average molecular weight is 299 g/mol. The van der Waals surface area contributed by atoms with Gasteiger partial charge in [0.25, 0.3) is 0 Å². The first-order chi connectivity index (χ1) is 9.90. The maximum absolute atomic E-state index is 13.6. The van der Waals surface area contributed by atoms with Crippen LogP contribution in [0.1, 0.15) is 0 Å². The number of nitrogen functional groups attached to an aromatic ring is 1. The van der Waals surface area contributed by atoms with Gasteiger partial charge in [-0.05, 0) is 0 Å². The molecule has 11 heteroatoms. The molecule has 0 saturated carbocycles. The van der Waals surface area contributed by atoms with Crippen molar-refractivity contribution in [1.29, 1.82) is 0 Å². The van der Waals surface area contributed by atoms with Crippen LogP contribution in [0.2, 0.25) is 0 Å². The van der Waals surface area contributed by atoms with Gasteiger partial charge in [0, 0.05) is 6.07 Å². The molecule has 1 heterocycles. The number of halogens is 2. The van der Waals surface area contributed by atoms with Crippen LogP contribution in [0.15, 0.2) is 12.1 Å². The van der Waals surface area contributed by atoms with Gasteiger partial charge in [-0.1, -0.05) is 0 Å². The Morgan fingerprint density at radius 1 is 1.19 bits per heavy atom. The van der Waals surface area contributed by atoms with E-state index >= 15 is 0 Å². The van der Waals surface area contributed by atoms with Crippen molar-refractivity contribution < 1.29 is 23.2 Å². The summed E-state index contributed by atoms with van der Waals surface area (Å²) < 4.78 is 36.6. The lowest BCUT2D eigenvalue weighted by Gasteiger charge is -2.06. The zero-order valence-electron chi connectivity index (χ0n) is 10.4. The van der Waals surface area contributed by atoms with Crippen molar-refractivity contribution in [2.24, 2.45) is 0 Å². The molecule has 0 spiro atoms. The van der Waals surface area contributed by atoms with Crippen LogP contribution in [0.25, 0.3) is 0 Å². The van der Waals surface area contributed by atoms with Crippen molar-refractivity contribution in [3.8, 4) is 17.8 Å². The van der Waals surface area contributed by atoms with E-state index in [0.29, 0.717) is 12.1 Å². The van der Waals surface area contributed by atoms with Gasteiger partial charge in [0.2, 0.25) is 11.8 Å². The Bertz CT molecular complexity index is 712. The van der Waals surface area contributed by atoms with Crippen molar-refractivity contribution >= 4 is 11.6 Å². The summed E-state index contributed by atoms with van der Waals surface area (Å²) in [7, 11) is 1.25. The summed E-state index contributed by atoms with van der Waals surface area (Å²) in [5.74, 6) is -3.35. The van der Waals surface area contributed by atoms with E-state index in [0.717, 1.165) is 0 Å². The van der Waals surface area contributed by atoms with Crippen LogP contribution in [-0.4, -0.2) is 27.0 Å². The van der Waals surface area contributed by atoms with E-state index in [1.807, 2.05) is 0 Å². The third kappa shape index (κ3) is 3.08. The van der Waals surface area contributed by atoms with Gasteiger partial charge >= 0.3 is 17.7 Å². The minimum Gasteiger partial charge on any atom is -0.467 e. The predicted octanol–water partition coefficient (Wildman–Crippen LogP) is 1.44. The summed E-state index contributed by atoms with van der Waals surface area (Å²) >= 11 is 0. The standard InChI is InChI=1S/C10H7F2N5O4/c1-20-9-14-8(13)15-10(16-9)21-7-3-4(11)6(17(18)19)2-5(7)12/h2-3H,1H3,(H2,13,14,15,16). The normalized spacial score (nSPS) is 10.2. The molecule has 0 amide bonds. The number of hydrogen-bond donors (Lipinski definition) is 1. The second-order valence-corrected chi connectivity index (χ2v) is 3.56. The van der Waals surface area contributed by atoms with Gasteiger partial charge in [-0.25, -0.2) is 4.39 Å². The highest BCUT2D eigenvalue weighted by molar-refractivity contribution is 5.40. The Labute approximate surface area is 115 Å². The molecule has 2 rings (SSSR count). The highest BCUT2D eigenvalue weighted by atomic mass is 19.1. The maximum Gasteiger partial charge on any atom is 0.330 e. The topological polar surface area (TPSA) is 126 Å². The molecule has 0 aliphatic carbocycles. The number of nitrogens with zero attached hydrogens (tertiary/aromatic N) is 4. The van der Waals surface area contributed by atoms with E-state index in [2.05, 4.69) is 15.0 Å². The predicted molar refractivity (Wildman–Crippen MR) is 63.9 cm³/mol. The summed E-state index contributed by atoms with van der Waals surface area (Å²) in [6.07, 6.45) is 0. The second-order valence-electron chi connectivity index (χ2n) is 3.56. The molecule has 0 atom stereocenters. The summed E-state index contributed by atoms with van der Waals surface area (Å²) in [4.78, 5) is 20.1. The van der Waals surface area contributed by atoms with Crippen LogP contribution in [0, 0.1) is 21.7 Å². The van der Waals surface area contributed by atoms with Gasteiger partial charge in [0.15, 0.2) is 11.6 Å². The van der Waals surface area contributed by atoms with E-state index in [4.69, 9.17) is 15.2 Å². The SMILES string of the molecule is COc1nc(N)nc(Oc2cc(F)c([N+](=O)[O-])cc2F)n1. The van der Waals surface area contributed by atoms with E-state index in [1.54, 1.807) is 0 Å². The van der Waals surface area contributed by atoms with Gasteiger partial charge in [0.05, 0.1) is 18.1 Å². The van der Waals surface area contributed by atoms with Crippen molar-refractivity contribution in [1.82, 2.24) is 15.0 Å². The number of rotatable bonds is 4. The molecule has 0 radical (unpaired) electrons. The molecule has 21 heavy (non-hydrogen) atoms. The summed E-state index contributed by atoms with van der Waals surface area (Å²) in [6, 6.07) is 0.235. The van der Waals surface area contributed by atoms with Crippen LogP contribution < -0.4 is 15.2 Å². The van der Waals surface area contributed by atoms with Crippen LogP contribution in [0.4, 0.5) is 20.4 Å². The Balaban J connectivity index is 2.38.